The maximum absolute atomic E-state index is 12.5. The first-order valence-electron chi connectivity index (χ1n) is 8.71. The lowest BCUT2D eigenvalue weighted by Gasteiger charge is -2.02. The number of fused-ring (bicyclic) bond motifs is 1. The lowest BCUT2D eigenvalue weighted by atomic mass is 10.1. The molecule has 0 saturated carbocycles. The summed E-state index contributed by atoms with van der Waals surface area (Å²) in [5.41, 5.74) is 3.55. The van der Waals surface area contributed by atoms with Gasteiger partial charge in [-0.15, -0.1) is 0 Å². The largest absolute Gasteiger partial charge is 0.451 e. The van der Waals surface area contributed by atoms with Gasteiger partial charge in [0, 0.05) is 41.9 Å². The number of aromatic amines is 1. The molecule has 1 amide bonds. The number of benzene rings is 1. The summed E-state index contributed by atoms with van der Waals surface area (Å²) in [6.45, 7) is 4.34. The van der Waals surface area contributed by atoms with Crippen molar-refractivity contribution < 1.29 is 9.21 Å². The Balaban J connectivity index is 1.40. The first kappa shape index (κ1) is 17.0. The summed E-state index contributed by atoms with van der Waals surface area (Å²) in [5, 5.41) is 10.9. The predicted molar refractivity (Wildman–Crippen MR) is 101 cm³/mol. The van der Waals surface area contributed by atoms with Crippen molar-refractivity contribution in [1.82, 2.24) is 25.5 Å². The zero-order valence-corrected chi connectivity index (χ0v) is 15.1. The Labute approximate surface area is 155 Å². The van der Waals surface area contributed by atoms with Crippen LogP contribution in [0, 0.1) is 13.8 Å². The van der Waals surface area contributed by atoms with Gasteiger partial charge in [0.05, 0.1) is 0 Å². The summed E-state index contributed by atoms with van der Waals surface area (Å²) in [7, 11) is 0. The number of nitrogens with zero attached hydrogens (tertiary/aromatic N) is 3. The quantitative estimate of drug-likeness (QED) is 0.569. The minimum atomic E-state index is -0.228. The van der Waals surface area contributed by atoms with Gasteiger partial charge in [-0.05, 0) is 38.1 Å². The van der Waals surface area contributed by atoms with Crippen molar-refractivity contribution in [3.05, 3.63) is 65.4 Å². The lowest BCUT2D eigenvalue weighted by molar-refractivity contribution is 0.0927. The molecule has 0 unspecified atom stereocenters. The SMILES string of the molecule is Cc1ccc2oc(C(=O)NCCc3nc(-c4cccnc4)n[nH]3)c(C)c2c1. The van der Waals surface area contributed by atoms with Crippen LogP contribution in [0.5, 0.6) is 0 Å². The second kappa shape index (κ2) is 7.03. The Morgan fingerprint density at radius 2 is 2.15 bits per heavy atom. The number of amides is 1. The minimum absolute atomic E-state index is 0.228. The van der Waals surface area contributed by atoms with Crippen molar-refractivity contribution in [3.8, 4) is 11.4 Å². The van der Waals surface area contributed by atoms with E-state index >= 15 is 0 Å². The standard InChI is InChI=1S/C20H19N5O2/c1-12-5-6-16-15(10-12)13(2)18(27-16)20(26)22-9-7-17-23-19(25-24-17)14-4-3-8-21-11-14/h3-6,8,10-11H,7,9H2,1-2H3,(H,22,26)(H,23,24,25). The molecule has 2 N–H and O–H groups in total. The number of hydrogen-bond acceptors (Lipinski definition) is 5. The maximum Gasteiger partial charge on any atom is 0.287 e. The molecule has 27 heavy (non-hydrogen) atoms. The van der Waals surface area contributed by atoms with Crippen molar-refractivity contribution in [2.24, 2.45) is 0 Å². The number of H-pyrrole nitrogens is 1. The maximum atomic E-state index is 12.5. The highest BCUT2D eigenvalue weighted by atomic mass is 16.3. The fourth-order valence-electron chi connectivity index (χ4n) is 2.96. The molecule has 0 fully saturated rings. The molecule has 7 heteroatoms. The van der Waals surface area contributed by atoms with Gasteiger partial charge in [-0.25, -0.2) is 4.98 Å². The second-order valence-corrected chi connectivity index (χ2v) is 6.41. The van der Waals surface area contributed by atoms with Gasteiger partial charge in [0.15, 0.2) is 11.6 Å². The molecule has 0 spiro atoms. The van der Waals surface area contributed by atoms with Gasteiger partial charge in [0.2, 0.25) is 0 Å². The summed E-state index contributed by atoms with van der Waals surface area (Å²) >= 11 is 0. The number of rotatable bonds is 5. The Morgan fingerprint density at radius 3 is 2.96 bits per heavy atom. The average molecular weight is 361 g/mol. The van der Waals surface area contributed by atoms with Crippen LogP contribution in [0.25, 0.3) is 22.4 Å². The normalized spacial score (nSPS) is 11.0. The molecule has 3 heterocycles. The zero-order valence-electron chi connectivity index (χ0n) is 15.1. The zero-order chi connectivity index (χ0) is 18.8. The average Bonchev–Trinajstić information content (AvgIpc) is 3.28. The van der Waals surface area contributed by atoms with Gasteiger partial charge in [-0.1, -0.05) is 11.6 Å². The third-order valence-corrected chi connectivity index (χ3v) is 4.40. The number of carbonyl (C=O) groups excluding carboxylic acids is 1. The van der Waals surface area contributed by atoms with Crippen LogP contribution in [0.1, 0.15) is 27.5 Å². The molecule has 7 nitrogen and oxygen atoms in total. The smallest absolute Gasteiger partial charge is 0.287 e. The third kappa shape index (κ3) is 3.44. The van der Waals surface area contributed by atoms with Gasteiger partial charge in [-0.3, -0.25) is 14.9 Å². The number of aryl methyl sites for hydroxylation is 2. The third-order valence-electron chi connectivity index (χ3n) is 4.40. The number of furan rings is 1. The van der Waals surface area contributed by atoms with Crippen LogP contribution in [-0.2, 0) is 6.42 Å². The van der Waals surface area contributed by atoms with E-state index in [9.17, 15) is 4.79 Å². The van der Waals surface area contributed by atoms with E-state index in [1.54, 1.807) is 12.4 Å². The van der Waals surface area contributed by atoms with Crippen LogP contribution in [0.15, 0.2) is 47.1 Å². The highest BCUT2D eigenvalue weighted by Crippen LogP contribution is 2.26. The lowest BCUT2D eigenvalue weighted by Crippen LogP contribution is -2.26. The van der Waals surface area contributed by atoms with E-state index in [0.29, 0.717) is 30.4 Å². The Bertz CT molecular complexity index is 1100. The summed E-state index contributed by atoms with van der Waals surface area (Å²) in [5.74, 6) is 1.41. The van der Waals surface area contributed by atoms with Gasteiger partial charge < -0.3 is 9.73 Å². The van der Waals surface area contributed by atoms with E-state index in [4.69, 9.17) is 4.42 Å². The molecular weight excluding hydrogens is 342 g/mol. The van der Waals surface area contributed by atoms with Crippen molar-refractivity contribution in [2.75, 3.05) is 6.54 Å². The monoisotopic (exact) mass is 361 g/mol. The molecule has 0 radical (unpaired) electrons. The van der Waals surface area contributed by atoms with Crippen LogP contribution >= 0.6 is 0 Å². The Kier molecular flexibility index (Phi) is 4.42. The van der Waals surface area contributed by atoms with Crippen LogP contribution in [0.2, 0.25) is 0 Å². The first-order chi connectivity index (χ1) is 13.1. The van der Waals surface area contributed by atoms with Crippen LogP contribution in [-0.4, -0.2) is 32.6 Å². The van der Waals surface area contributed by atoms with E-state index in [1.807, 2.05) is 44.2 Å². The number of pyridine rings is 1. The van der Waals surface area contributed by atoms with E-state index in [-0.39, 0.29) is 5.91 Å². The molecular formula is C20H19N5O2. The molecule has 0 atom stereocenters. The molecule has 0 aliphatic heterocycles. The van der Waals surface area contributed by atoms with E-state index in [1.165, 1.54) is 0 Å². The fraction of sp³-hybridized carbons (Fsp3) is 0.200. The van der Waals surface area contributed by atoms with E-state index < -0.39 is 0 Å². The first-order valence-corrected chi connectivity index (χ1v) is 8.71. The summed E-state index contributed by atoms with van der Waals surface area (Å²) < 4.78 is 5.73. The van der Waals surface area contributed by atoms with Crippen LogP contribution < -0.4 is 5.32 Å². The number of hydrogen-bond donors (Lipinski definition) is 2. The number of aromatic nitrogens is 4. The van der Waals surface area contributed by atoms with Crippen LogP contribution in [0.3, 0.4) is 0 Å². The molecule has 1 aromatic carbocycles. The highest BCUT2D eigenvalue weighted by molar-refractivity contribution is 5.99. The second-order valence-electron chi connectivity index (χ2n) is 6.41. The molecule has 0 saturated heterocycles. The fourth-order valence-corrected chi connectivity index (χ4v) is 2.96. The van der Waals surface area contributed by atoms with Crippen molar-refractivity contribution >= 4 is 16.9 Å². The Morgan fingerprint density at radius 1 is 1.26 bits per heavy atom. The predicted octanol–water partition coefficient (Wildman–Crippen LogP) is 3.20. The molecule has 0 aliphatic carbocycles. The summed E-state index contributed by atoms with van der Waals surface area (Å²) in [6.07, 6.45) is 3.95. The van der Waals surface area contributed by atoms with Crippen molar-refractivity contribution in [2.45, 2.75) is 20.3 Å². The topological polar surface area (TPSA) is 96.7 Å². The van der Waals surface area contributed by atoms with E-state index in [2.05, 4.69) is 25.5 Å². The summed E-state index contributed by atoms with van der Waals surface area (Å²) in [4.78, 5) is 21.0. The highest BCUT2D eigenvalue weighted by Gasteiger charge is 2.17. The number of nitrogens with one attached hydrogen (secondary N) is 2. The van der Waals surface area contributed by atoms with Gasteiger partial charge in [0.25, 0.3) is 5.91 Å². The van der Waals surface area contributed by atoms with Gasteiger partial charge in [0.1, 0.15) is 11.4 Å². The van der Waals surface area contributed by atoms with E-state index in [0.717, 1.165) is 27.7 Å². The molecule has 3 aromatic heterocycles. The summed E-state index contributed by atoms with van der Waals surface area (Å²) in [6, 6.07) is 9.62. The van der Waals surface area contributed by atoms with Gasteiger partial charge >= 0.3 is 0 Å². The Hall–Kier alpha value is -3.48. The molecule has 0 bridgehead atoms. The molecule has 4 rings (SSSR count). The minimum Gasteiger partial charge on any atom is -0.451 e. The van der Waals surface area contributed by atoms with Crippen molar-refractivity contribution in [3.63, 3.8) is 0 Å². The number of carbonyl (C=O) groups is 1. The molecule has 4 aromatic rings. The molecule has 0 aliphatic rings. The molecule has 136 valence electrons. The van der Waals surface area contributed by atoms with Crippen molar-refractivity contribution in [1.29, 1.82) is 0 Å². The van der Waals surface area contributed by atoms with Crippen LogP contribution in [0.4, 0.5) is 0 Å². The van der Waals surface area contributed by atoms with Gasteiger partial charge in [-0.2, -0.15) is 5.10 Å².